The molecule has 0 aliphatic rings. The molecule has 21 heavy (non-hydrogen) atoms. The second-order valence-corrected chi connectivity index (χ2v) is 5.02. The van der Waals surface area contributed by atoms with E-state index in [0.717, 1.165) is 5.56 Å². The highest BCUT2D eigenvalue weighted by molar-refractivity contribution is 5.72. The van der Waals surface area contributed by atoms with E-state index in [9.17, 15) is 10.0 Å². The van der Waals surface area contributed by atoms with Gasteiger partial charge in [-0.15, -0.1) is 0 Å². The fourth-order valence-electron chi connectivity index (χ4n) is 1.83. The molecule has 0 saturated heterocycles. The van der Waals surface area contributed by atoms with Gasteiger partial charge in [-0.25, -0.2) is 4.98 Å². The van der Waals surface area contributed by atoms with Crippen molar-refractivity contribution in [3.63, 3.8) is 0 Å². The van der Waals surface area contributed by atoms with Crippen molar-refractivity contribution in [3.05, 3.63) is 29.0 Å². The van der Waals surface area contributed by atoms with Gasteiger partial charge in [0.2, 0.25) is 0 Å². The Morgan fingerprint density at radius 1 is 1.48 bits per heavy atom. The third-order valence-electron chi connectivity index (χ3n) is 2.73. The molecule has 0 aliphatic carbocycles. The van der Waals surface area contributed by atoms with Crippen molar-refractivity contribution in [1.82, 2.24) is 10.1 Å². The Bertz CT molecular complexity index is 658. The van der Waals surface area contributed by atoms with Crippen molar-refractivity contribution in [2.45, 2.75) is 33.3 Å². The van der Waals surface area contributed by atoms with Crippen molar-refractivity contribution < 1.29 is 14.4 Å². The number of nitrogens with zero attached hydrogens (tertiary/aromatic N) is 3. The predicted octanol–water partition coefficient (Wildman–Crippen LogP) is 1.33. The summed E-state index contributed by atoms with van der Waals surface area (Å²) in [5, 5.41) is 18.5. The average molecular weight is 290 g/mol. The molecule has 0 bridgehead atoms. The number of carbonyl (C=O) groups excluding carboxylic acids is 1. The lowest BCUT2D eigenvalue weighted by Crippen LogP contribution is -2.34. The number of hydrogen-bond donors (Lipinski definition) is 1. The second-order valence-electron chi connectivity index (χ2n) is 5.02. The van der Waals surface area contributed by atoms with E-state index in [2.05, 4.69) is 15.4 Å². The maximum absolute atomic E-state index is 11.8. The Hall–Kier alpha value is -2.44. The minimum absolute atomic E-state index is 0.138. The summed E-state index contributed by atoms with van der Waals surface area (Å²) in [6.45, 7) is 5.79. The van der Waals surface area contributed by atoms with E-state index in [1.807, 2.05) is 13.0 Å². The number of hydrogen-bond acceptors (Lipinski definition) is 6. The van der Waals surface area contributed by atoms with Gasteiger partial charge in [-0.05, 0) is 37.2 Å². The Balaban J connectivity index is 2.03. The number of benzene rings is 1. The first-order valence-electron chi connectivity index (χ1n) is 6.77. The van der Waals surface area contributed by atoms with Crippen LogP contribution in [0, 0.1) is 12.1 Å². The molecule has 7 nitrogen and oxygen atoms in total. The smallest absolute Gasteiger partial charge is 0.307 e. The van der Waals surface area contributed by atoms with Crippen molar-refractivity contribution >= 4 is 23.0 Å². The van der Waals surface area contributed by atoms with Gasteiger partial charge in [0.1, 0.15) is 5.52 Å². The van der Waals surface area contributed by atoms with Crippen LogP contribution in [0.1, 0.15) is 25.8 Å². The van der Waals surface area contributed by atoms with Crippen molar-refractivity contribution in [2.75, 3.05) is 11.9 Å². The predicted molar refractivity (Wildman–Crippen MR) is 77.6 cm³/mol. The van der Waals surface area contributed by atoms with Crippen LogP contribution in [0.15, 0.2) is 18.2 Å². The number of esters is 1. The Kier molecular flexibility index (Phi) is 4.52. The molecule has 0 radical (unpaired) electrons. The molecule has 0 atom stereocenters. The number of anilines is 1. The van der Waals surface area contributed by atoms with Gasteiger partial charge in [0.25, 0.3) is 11.5 Å². The number of nitrogens with one attached hydrogen (secondary N) is 1. The molecule has 1 aromatic heterocycles. The number of aromatic nitrogens is 3. The van der Waals surface area contributed by atoms with Crippen LogP contribution in [0.2, 0.25) is 0 Å². The first kappa shape index (κ1) is 15.0. The van der Waals surface area contributed by atoms with Crippen LogP contribution in [0.25, 0.3) is 11.0 Å². The standard InChI is InChI=1S/C14H18N4O3/c1-9(2)21-13(19)6-7-15-14-16-11-5-4-10(3)8-12(11)18(20)17-14/h4-5,8-9H,6-7H2,1-3H3,(H,15,16,17). The zero-order chi connectivity index (χ0) is 15.4. The SMILES string of the molecule is Cc1ccc2nc(NCCC(=O)OC(C)C)n[n+]([O-])c2c1. The van der Waals surface area contributed by atoms with Crippen LogP contribution in [0.4, 0.5) is 5.95 Å². The van der Waals surface area contributed by atoms with Crippen LogP contribution < -0.4 is 10.2 Å². The molecule has 0 saturated carbocycles. The first-order chi connectivity index (χ1) is 9.95. The van der Waals surface area contributed by atoms with Gasteiger partial charge in [0.15, 0.2) is 0 Å². The quantitative estimate of drug-likeness (QED) is 0.507. The summed E-state index contributed by atoms with van der Waals surface area (Å²) in [4.78, 5) is 16.2. The third kappa shape index (κ3) is 4.01. The lowest BCUT2D eigenvalue weighted by atomic mass is 10.2. The van der Waals surface area contributed by atoms with Crippen LogP contribution in [0.3, 0.4) is 0 Å². The summed E-state index contributed by atoms with van der Waals surface area (Å²) in [5.74, 6) is -0.109. The Labute approximate surface area is 122 Å². The number of aryl methyl sites for hydroxylation is 1. The van der Waals surface area contributed by atoms with E-state index in [1.54, 1.807) is 26.0 Å². The monoisotopic (exact) mass is 290 g/mol. The lowest BCUT2D eigenvalue weighted by molar-refractivity contribution is -0.641. The molecule has 2 rings (SSSR count). The van der Waals surface area contributed by atoms with Gasteiger partial charge in [0, 0.05) is 12.6 Å². The molecule has 7 heteroatoms. The molecule has 0 amide bonds. The van der Waals surface area contributed by atoms with Gasteiger partial charge in [-0.2, -0.15) is 0 Å². The minimum Gasteiger partial charge on any atom is -0.594 e. The molecule has 0 unspecified atom stereocenters. The van der Waals surface area contributed by atoms with E-state index in [0.29, 0.717) is 22.4 Å². The van der Waals surface area contributed by atoms with E-state index in [-0.39, 0.29) is 24.4 Å². The zero-order valence-corrected chi connectivity index (χ0v) is 12.3. The molecule has 112 valence electrons. The van der Waals surface area contributed by atoms with Crippen molar-refractivity contribution in [3.8, 4) is 0 Å². The summed E-state index contributed by atoms with van der Waals surface area (Å²) < 4.78 is 5.01. The highest BCUT2D eigenvalue weighted by Gasteiger charge is 2.11. The van der Waals surface area contributed by atoms with Crippen molar-refractivity contribution in [2.24, 2.45) is 0 Å². The average Bonchev–Trinajstić information content (AvgIpc) is 2.39. The van der Waals surface area contributed by atoms with Gasteiger partial charge in [0.05, 0.1) is 17.6 Å². The maximum Gasteiger partial charge on any atom is 0.307 e. The number of ether oxygens (including phenoxy) is 1. The van der Waals surface area contributed by atoms with E-state index >= 15 is 0 Å². The third-order valence-corrected chi connectivity index (χ3v) is 2.73. The summed E-state index contributed by atoms with van der Waals surface area (Å²) >= 11 is 0. The van der Waals surface area contributed by atoms with Crippen molar-refractivity contribution in [1.29, 1.82) is 0 Å². The Morgan fingerprint density at radius 3 is 2.95 bits per heavy atom. The molecule has 0 spiro atoms. The van der Waals surface area contributed by atoms with Gasteiger partial charge in [-0.3, -0.25) is 4.79 Å². The van der Waals surface area contributed by atoms with Gasteiger partial charge in [-0.1, -0.05) is 6.07 Å². The molecule has 0 fully saturated rings. The summed E-state index contributed by atoms with van der Waals surface area (Å²) in [6.07, 6.45) is 0.0493. The summed E-state index contributed by atoms with van der Waals surface area (Å²) in [5.41, 5.74) is 1.94. The van der Waals surface area contributed by atoms with Crippen LogP contribution in [-0.2, 0) is 9.53 Å². The van der Waals surface area contributed by atoms with Crippen LogP contribution >= 0.6 is 0 Å². The molecule has 2 aromatic rings. The lowest BCUT2D eigenvalue weighted by Gasteiger charge is -2.08. The number of fused-ring (bicyclic) bond motifs is 1. The van der Waals surface area contributed by atoms with Gasteiger partial charge >= 0.3 is 5.97 Å². The fraction of sp³-hybridized carbons (Fsp3) is 0.429. The molecule has 0 aliphatic heterocycles. The molecule has 1 N–H and O–H groups in total. The van der Waals surface area contributed by atoms with E-state index in [1.165, 1.54) is 0 Å². The Morgan fingerprint density at radius 2 is 2.24 bits per heavy atom. The first-order valence-corrected chi connectivity index (χ1v) is 6.77. The topological polar surface area (TPSA) is 91.0 Å². The highest BCUT2D eigenvalue weighted by atomic mass is 16.5. The minimum atomic E-state index is -0.302. The number of carbonyl (C=O) groups is 1. The van der Waals surface area contributed by atoms with Crippen LogP contribution in [0.5, 0.6) is 0 Å². The fourth-order valence-corrected chi connectivity index (χ4v) is 1.83. The van der Waals surface area contributed by atoms with E-state index in [4.69, 9.17) is 4.74 Å². The zero-order valence-electron chi connectivity index (χ0n) is 12.3. The largest absolute Gasteiger partial charge is 0.594 e. The summed E-state index contributed by atoms with van der Waals surface area (Å²) in [7, 11) is 0. The maximum atomic E-state index is 11.8. The molecular formula is C14H18N4O3. The van der Waals surface area contributed by atoms with Crippen LogP contribution in [-0.4, -0.2) is 28.7 Å². The highest BCUT2D eigenvalue weighted by Crippen LogP contribution is 2.10. The second kappa shape index (κ2) is 6.34. The number of rotatable bonds is 5. The van der Waals surface area contributed by atoms with Gasteiger partial charge < -0.3 is 15.3 Å². The summed E-state index contributed by atoms with van der Waals surface area (Å²) in [6, 6.07) is 5.37. The van der Waals surface area contributed by atoms with E-state index < -0.39 is 0 Å². The molecule has 1 aromatic carbocycles. The molecular weight excluding hydrogens is 272 g/mol. The normalized spacial score (nSPS) is 10.9. The molecule has 1 heterocycles.